The smallest absolute Gasteiger partial charge is 0.238 e. The largest absolute Gasteiger partial charge is 0.383 e. The Kier molecular flexibility index (Phi) is 3.95. The molecule has 0 saturated carbocycles. The van der Waals surface area contributed by atoms with Crippen LogP contribution in [0.3, 0.4) is 0 Å². The summed E-state index contributed by atoms with van der Waals surface area (Å²) in [5, 5.41) is 3.30. The second kappa shape index (κ2) is 4.23. The van der Waals surface area contributed by atoms with Crippen molar-refractivity contribution in [1.29, 1.82) is 0 Å². The molecule has 0 aliphatic rings. The lowest BCUT2D eigenvalue weighted by molar-refractivity contribution is 0.568. The van der Waals surface area contributed by atoms with Crippen LogP contribution in [0, 0.1) is 12.9 Å². The number of nitrogens with two attached hydrogens (primary N) is 1. The van der Waals surface area contributed by atoms with Gasteiger partial charge in [-0.3, -0.25) is 0 Å². The first kappa shape index (κ1) is 10.3. The van der Waals surface area contributed by atoms with Gasteiger partial charge >= 0.3 is 0 Å². The molecule has 0 unspecified atom stereocenters. The molecule has 0 saturated heterocycles. The van der Waals surface area contributed by atoms with Crippen LogP contribution in [0.15, 0.2) is 0 Å². The minimum absolute atomic E-state index is 0.246. The third-order valence-corrected chi connectivity index (χ3v) is 1.40. The second-order valence-electron chi connectivity index (χ2n) is 1.69. The molecule has 3 nitrogen and oxygen atoms in total. The number of hydrogen-bond donors (Lipinski definition) is 2. The number of nitrogens with zero attached hydrogens (tertiary/aromatic N) is 2. The zero-order valence-electron chi connectivity index (χ0n) is 6.80. The average molecular weight is 177 g/mol. The number of halogens is 1. The van der Waals surface area contributed by atoms with Gasteiger partial charge in [-0.2, -0.15) is 8.48 Å². The topological polar surface area (TPSA) is 43.8 Å². The molecule has 0 aliphatic heterocycles. The standard InChI is InChI=1S/C4H6FN3S.C2H6/c1-2-3(5)7-8(9)4(2)6;1-2/h9H,6H2,1H3;1-2H3. The van der Waals surface area contributed by atoms with Crippen molar-refractivity contribution >= 4 is 18.6 Å². The fourth-order valence-electron chi connectivity index (χ4n) is 0.468. The maximum atomic E-state index is 12.3. The average Bonchev–Trinajstić information content (AvgIpc) is 2.22. The zero-order chi connectivity index (χ0) is 9.02. The molecule has 0 radical (unpaired) electrons. The summed E-state index contributed by atoms with van der Waals surface area (Å²) in [6.07, 6.45) is 0. The van der Waals surface area contributed by atoms with Crippen LogP contribution in [0.5, 0.6) is 0 Å². The van der Waals surface area contributed by atoms with Crippen molar-refractivity contribution in [3.05, 3.63) is 11.5 Å². The number of rotatable bonds is 0. The van der Waals surface area contributed by atoms with E-state index in [9.17, 15) is 4.39 Å². The summed E-state index contributed by atoms with van der Waals surface area (Å²) < 4.78 is 13.3. The van der Waals surface area contributed by atoms with Crippen LogP contribution < -0.4 is 5.73 Å². The first-order chi connectivity index (χ1) is 5.13. The molecule has 0 fully saturated rings. The molecule has 0 bridgehead atoms. The number of anilines is 1. The molecule has 64 valence electrons. The van der Waals surface area contributed by atoms with Gasteiger partial charge in [0.15, 0.2) is 0 Å². The molecule has 0 aliphatic carbocycles. The Labute approximate surface area is 70.9 Å². The highest BCUT2D eigenvalue weighted by Crippen LogP contribution is 2.13. The monoisotopic (exact) mass is 177 g/mol. The summed E-state index contributed by atoms with van der Waals surface area (Å²) in [6.45, 7) is 5.55. The van der Waals surface area contributed by atoms with Gasteiger partial charge in [0.2, 0.25) is 5.95 Å². The van der Waals surface area contributed by atoms with E-state index in [1.54, 1.807) is 6.92 Å². The number of hydrogen-bond acceptors (Lipinski definition) is 3. The molecule has 5 heteroatoms. The fraction of sp³-hybridized carbons (Fsp3) is 0.500. The lowest BCUT2D eigenvalue weighted by Crippen LogP contribution is -1.92. The zero-order valence-corrected chi connectivity index (χ0v) is 7.69. The SMILES string of the molecule is CC.Cc1c(F)nn(S)c1N. The third kappa shape index (κ3) is 2.11. The van der Waals surface area contributed by atoms with Gasteiger partial charge in [-0.25, -0.2) is 0 Å². The van der Waals surface area contributed by atoms with E-state index in [1.165, 1.54) is 0 Å². The number of aromatic nitrogens is 2. The maximum absolute atomic E-state index is 12.3. The highest BCUT2D eigenvalue weighted by Gasteiger charge is 2.07. The Bertz CT molecular complexity index is 211. The van der Waals surface area contributed by atoms with Crippen molar-refractivity contribution in [2.45, 2.75) is 20.8 Å². The van der Waals surface area contributed by atoms with Gasteiger partial charge in [0, 0.05) is 5.56 Å². The predicted octanol–water partition coefficient (Wildman–Crippen LogP) is 1.63. The lowest BCUT2D eigenvalue weighted by atomic mass is 10.4. The van der Waals surface area contributed by atoms with Gasteiger partial charge in [0.05, 0.1) is 0 Å². The van der Waals surface area contributed by atoms with Crippen LogP contribution >= 0.6 is 12.8 Å². The van der Waals surface area contributed by atoms with E-state index in [1.807, 2.05) is 13.8 Å². The van der Waals surface area contributed by atoms with Gasteiger partial charge in [0.25, 0.3) is 0 Å². The van der Waals surface area contributed by atoms with E-state index in [2.05, 4.69) is 17.9 Å². The Hall–Kier alpha value is -0.710. The van der Waals surface area contributed by atoms with Crippen LogP contribution in [-0.2, 0) is 0 Å². The quantitative estimate of drug-likeness (QED) is 0.591. The maximum Gasteiger partial charge on any atom is 0.238 e. The first-order valence-corrected chi connectivity index (χ1v) is 3.72. The van der Waals surface area contributed by atoms with E-state index in [4.69, 9.17) is 5.73 Å². The van der Waals surface area contributed by atoms with Gasteiger partial charge in [-0.1, -0.05) is 13.8 Å². The minimum atomic E-state index is -0.567. The van der Waals surface area contributed by atoms with Gasteiger partial charge in [0.1, 0.15) is 5.82 Å². The van der Waals surface area contributed by atoms with Crippen molar-refractivity contribution < 1.29 is 4.39 Å². The molecule has 2 N–H and O–H groups in total. The Morgan fingerprint density at radius 1 is 1.55 bits per heavy atom. The second-order valence-corrected chi connectivity index (χ2v) is 2.07. The van der Waals surface area contributed by atoms with Gasteiger partial charge in [-0.05, 0) is 19.7 Å². The molecule has 0 atom stereocenters. The summed E-state index contributed by atoms with van der Waals surface area (Å²) in [4.78, 5) is 0. The first-order valence-electron chi connectivity index (χ1n) is 3.32. The Morgan fingerprint density at radius 3 is 2.09 bits per heavy atom. The highest BCUT2D eigenvalue weighted by molar-refractivity contribution is 7.78. The molecular formula is C6H12FN3S. The van der Waals surface area contributed by atoms with Crippen molar-refractivity contribution in [3.63, 3.8) is 0 Å². The minimum Gasteiger partial charge on any atom is -0.383 e. The van der Waals surface area contributed by atoms with Crippen LogP contribution in [0.25, 0.3) is 0 Å². The summed E-state index contributed by atoms with van der Waals surface area (Å²) >= 11 is 3.73. The van der Waals surface area contributed by atoms with Gasteiger partial charge in [-0.15, -0.1) is 5.10 Å². The molecule has 1 aromatic heterocycles. The number of thiol groups is 1. The Balaban J connectivity index is 0.000000461. The molecule has 1 rings (SSSR count). The molecule has 1 aromatic rings. The van der Waals surface area contributed by atoms with Crippen molar-refractivity contribution in [1.82, 2.24) is 9.19 Å². The van der Waals surface area contributed by atoms with Crippen LogP contribution in [0.2, 0.25) is 0 Å². The van der Waals surface area contributed by atoms with Crippen LogP contribution in [0.4, 0.5) is 10.2 Å². The lowest BCUT2D eigenvalue weighted by Gasteiger charge is -1.88. The van der Waals surface area contributed by atoms with E-state index in [0.717, 1.165) is 4.09 Å². The molecule has 11 heavy (non-hydrogen) atoms. The summed E-state index contributed by atoms with van der Waals surface area (Å²) in [7, 11) is 0. The van der Waals surface area contributed by atoms with E-state index >= 15 is 0 Å². The third-order valence-electron chi connectivity index (χ3n) is 1.09. The molecule has 0 aromatic carbocycles. The van der Waals surface area contributed by atoms with Crippen molar-refractivity contribution in [2.24, 2.45) is 0 Å². The Morgan fingerprint density at radius 2 is 2.00 bits per heavy atom. The van der Waals surface area contributed by atoms with Gasteiger partial charge < -0.3 is 5.73 Å². The molecule has 1 heterocycles. The fourth-order valence-corrected chi connectivity index (χ4v) is 0.696. The summed E-state index contributed by atoms with van der Waals surface area (Å²) in [5.41, 5.74) is 5.62. The van der Waals surface area contributed by atoms with E-state index < -0.39 is 5.95 Å². The van der Waals surface area contributed by atoms with Crippen LogP contribution in [-0.4, -0.2) is 9.19 Å². The van der Waals surface area contributed by atoms with Crippen molar-refractivity contribution in [2.75, 3.05) is 5.73 Å². The number of nitrogen functional groups attached to an aromatic ring is 1. The highest BCUT2D eigenvalue weighted by atomic mass is 32.1. The summed E-state index contributed by atoms with van der Waals surface area (Å²) in [5.74, 6) is -0.321. The van der Waals surface area contributed by atoms with E-state index in [0.29, 0.717) is 5.56 Å². The normalized spacial score (nSPS) is 8.82. The molecule has 0 spiro atoms. The van der Waals surface area contributed by atoms with Crippen molar-refractivity contribution in [3.8, 4) is 0 Å². The summed E-state index contributed by atoms with van der Waals surface area (Å²) in [6, 6.07) is 0. The molecular weight excluding hydrogens is 165 g/mol. The van der Waals surface area contributed by atoms with Crippen LogP contribution in [0.1, 0.15) is 19.4 Å². The molecule has 0 amide bonds. The van der Waals surface area contributed by atoms with E-state index in [-0.39, 0.29) is 5.82 Å². The predicted molar refractivity (Wildman–Crippen MR) is 47.1 cm³/mol.